The second kappa shape index (κ2) is 6.15. The quantitative estimate of drug-likeness (QED) is 0.668. The SMILES string of the molecule is [C-]#[N+]c1nc2c(cc1C(F)(F)F)COC[C@H]1CN(C(C)(C)C)CCN21. The maximum Gasteiger partial charge on any atom is 0.409 e. The summed E-state index contributed by atoms with van der Waals surface area (Å²) in [5.41, 5.74) is -0.584. The zero-order chi connectivity index (χ0) is 18.4. The molecule has 1 atom stereocenters. The van der Waals surface area contributed by atoms with Crippen LogP contribution in [0.4, 0.5) is 24.8 Å². The highest BCUT2D eigenvalue weighted by Gasteiger charge is 2.40. The molecule has 2 aliphatic rings. The van der Waals surface area contributed by atoms with E-state index in [2.05, 4.69) is 35.5 Å². The molecule has 3 rings (SSSR count). The van der Waals surface area contributed by atoms with Gasteiger partial charge in [-0.2, -0.15) is 13.2 Å². The standard InChI is InChI=1S/C17H21F3N4O/c1-16(2,3)23-5-6-24-12(8-23)10-25-9-11-7-13(17(18,19)20)14(21-4)22-15(11)24/h7,12H,5-6,8-10H2,1-3H3/t12-/m1/s1. The molecule has 2 aliphatic heterocycles. The monoisotopic (exact) mass is 354 g/mol. The van der Waals surface area contributed by atoms with Crippen molar-refractivity contribution in [3.63, 3.8) is 0 Å². The molecule has 1 saturated heterocycles. The van der Waals surface area contributed by atoms with Crippen molar-refractivity contribution in [2.45, 2.75) is 45.1 Å². The van der Waals surface area contributed by atoms with Crippen LogP contribution in [0.25, 0.3) is 4.85 Å². The van der Waals surface area contributed by atoms with Crippen molar-refractivity contribution in [2.24, 2.45) is 0 Å². The van der Waals surface area contributed by atoms with E-state index in [1.54, 1.807) is 0 Å². The van der Waals surface area contributed by atoms with Crippen molar-refractivity contribution < 1.29 is 17.9 Å². The normalized spacial score (nSPS) is 22.0. The van der Waals surface area contributed by atoms with E-state index in [0.29, 0.717) is 24.5 Å². The number of piperazine rings is 1. The molecule has 1 aromatic heterocycles. The van der Waals surface area contributed by atoms with E-state index in [9.17, 15) is 13.2 Å². The Hall–Kier alpha value is -1.85. The Morgan fingerprint density at radius 1 is 1.28 bits per heavy atom. The molecule has 0 bridgehead atoms. The van der Waals surface area contributed by atoms with Crippen molar-refractivity contribution in [1.82, 2.24) is 9.88 Å². The van der Waals surface area contributed by atoms with Crippen LogP contribution in [-0.2, 0) is 17.5 Å². The Morgan fingerprint density at radius 2 is 2.00 bits per heavy atom. The molecular weight excluding hydrogens is 333 g/mol. The maximum atomic E-state index is 13.2. The number of ether oxygens (including phenoxy) is 1. The van der Waals surface area contributed by atoms with Crippen LogP contribution in [0.5, 0.6) is 0 Å². The summed E-state index contributed by atoms with van der Waals surface area (Å²) >= 11 is 0. The fourth-order valence-corrected chi connectivity index (χ4v) is 3.38. The number of alkyl halides is 3. The first-order valence-electron chi connectivity index (χ1n) is 8.19. The highest BCUT2D eigenvalue weighted by Crippen LogP contribution is 2.40. The summed E-state index contributed by atoms with van der Waals surface area (Å²) in [5, 5.41) is 0. The molecule has 0 N–H and O–H groups in total. The summed E-state index contributed by atoms with van der Waals surface area (Å²) in [6.07, 6.45) is -4.60. The number of fused-ring (bicyclic) bond motifs is 3. The Bertz CT molecular complexity index is 706. The number of hydrogen-bond donors (Lipinski definition) is 0. The third-order valence-electron chi connectivity index (χ3n) is 4.74. The van der Waals surface area contributed by atoms with E-state index in [-0.39, 0.29) is 18.2 Å². The Morgan fingerprint density at radius 3 is 2.60 bits per heavy atom. The second-order valence-electron chi connectivity index (χ2n) is 7.43. The third-order valence-corrected chi connectivity index (χ3v) is 4.74. The van der Waals surface area contributed by atoms with E-state index in [1.807, 2.05) is 4.90 Å². The molecule has 1 aromatic rings. The van der Waals surface area contributed by atoms with Gasteiger partial charge in [-0.3, -0.25) is 4.90 Å². The molecular formula is C17H21F3N4O. The molecule has 136 valence electrons. The maximum absolute atomic E-state index is 13.2. The van der Waals surface area contributed by atoms with E-state index in [1.165, 1.54) is 0 Å². The van der Waals surface area contributed by atoms with Crippen molar-refractivity contribution >= 4 is 11.6 Å². The summed E-state index contributed by atoms with van der Waals surface area (Å²) in [4.78, 5) is 11.4. The van der Waals surface area contributed by atoms with Crippen molar-refractivity contribution in [1.29, 1.82) is 0 Å². The minimum absolute atomic E-state index is 0.0104. The predicted molar refractivity (Wildman–Crippen MR) is 87.6 cm³/mol. The number of aromatic nitrogens is 1. The lowest BCUT2D eigenvalue weighted by Gasteiger charge is -2.46. The van der Waals surface area contributed by atoms with Crippen LogP contribution in [0.3, 0.4) is 0 Å². The lowest BCUT2D eigenvalue weighted by Crippen LogP contribution is -2.59. The molecule has 0 unspecified atom stereocenters. The first-order chi connectivity index (χ1) is 11.6. The Balaban J connectivity index is 1.99. The summed E-state index contributed by atoms with van der Waals surface area (Å²) in [5.74, 6) is -0.139. The van der Waals surface area contributed by atoms with Crippen LogP contribution >= 0.6 is 0 Å². The average molecular weight is 354 g/mol. The highest BCUT2D eigenvalue weighted by molar-refractivity contribution is 5.60. The van der Waals surface area contributed by atoms with Gasteiger partial charge < -0.3 is 14.5 Å². The molecule has 8 heteroatoms. The fraction of sp³-hybridized carbons (Fsp3) is 0.647. The lowest BCUT2D eigenvalue weighted by molar-refractivity contribution is -0.137. The molecule has 0 aromatic carbocycles. The molecule has 0 aliphatic carbocycles. The summed E-state index contributed by atoms with van der Waals surface area (Å²) in [7, 11) is 0. The average Bonchev–Trinajstić information content (AvgIpc) is 2.70. The van der Waals surface area contributed by atoms with Crippen molar-refractivity contribution in [3.8, 4) is 0 Å². The molecule has 0 saturated carbocycles. The Labute approximate surface area is 145 Å². The van der Waals surface area contributed by atoms with Crippen molar-refractivity contribution in [2.75, 3.05) is 31.1 Å². The lowest BCUT2D eigenvalue weighted by atomic mass is 10.0. The van der Waals surface area contributed by atoms with Gasteiger partial charge in [0, 0.05) is 30.7 Å². The second-order valence-corrected chi connectivity index (χ2v) is 7.43. The first kappa shape index (κ1) is 18.0. The topological polar surface area (TPSA) is 33.0 Å². The molecule has 0 spiro atoms. The molecule has 25 heavy (non-hydrogen) atoms. The zero-order valence-corrected chi connectivity index (χ0v) is 14.5. The van der Waals surface area contributed by atoms with Crippen LogP contribution in [0.15, 0.2) is 6.07 Å². The van der Waals surface area contributed by atoms with Gasteiger partial charge in [-0.15, -0.1) is 4.98 Å². The molecule has 0 radical (unpaired) electrons. The molecule has 5 nitrogen and oxygen atoms in total. The van der Waals surface area contributed by atoms with E-state index in [0.717, 1.165) is 19.2 Å². The smallest absolute Gasteiger partial charge is 0.374 e. The fourth-order valence-electron chi connectivity index (χ4n) is 3.38. The van der Waals surface area contributed by atoms with Gasteiger partial charge in [0.2, 0.25) is 5.82 Å². The number of anilines is 1. The number of pyridine rings is 1. The van der Waals surface area contributed by atoms with Gasteiger partial charge in [0.25, 0.3) is 5.82 Å². The van der Waals surface area contributed by atoms with Gasteiger partial charge in [-0.05, 0) is 26.8 Å². The van der Waals surface area contributed by atoms with E-state index >= 15 is 0 Å². The largest absolute Gasteiger partial charge is 0.409 e. The predicted octanol–water partition coefficient (Wildman–Crippen LogP) is 3.47. The van der Waals surface area contributed by atoms with Crippen molar-refractivity contribution in [3.05, 3.63) is 28.6 Å². The van der Waals surface area contributed by atoms with Crippen LogP contribution in [0.2, 0.25) is 0 Å². The zero-order valence-electron chi connectivity index (χ0n) is 14.5. The number of nitrogens with zero attached hydrogens (tertiary/aromatic N) is 4. The van der Waals surface area contributed by atoms with Gasteiger partial charge in [-0.1, -0.05) is 6.57 Å². The highest BCUT2D eigenvalue weighted by atomic mass is 19.4. The number of halogens is 3. The first-order valence-corrected chi connectivity index (χ1v) is 8.19. The summed E-state index contributed by atoms with van der Waals surface area (Å²) in [6, 6.07) is 1.03. The molecule has 1 fully saturated rings. The van der Waals surface area contributed by atoms with Crippen LogP contribution in [0.1, 0.15) is 31.9 Å². The van der Waals surface area contributed by atoms with Gasteiger partial charge in [0.1, 0.15) is 0 Å². The van der Waals surface area contributed by atoms with Gasteiger partial charge in [-0.25, -0.2) is 0 Å². The van der Waals surface area contributed by atoms with Gasteiger partial charge >= 0.3 is 6.18 Å². The van der Waals surface area contributed by atoms with Crippen LogP contribution < -0.4 is 4.90 Å². The molecule has 0 amide bonds. The summed E-state index contributed by atoms with van der Waals surface area (Å²) < 4.78 is 45.2. The van der Waals surface area contributed by atoms with Crippen LogP contribution in [0, 0.1) is 6.57 Å². The number of rotatable bonds is 0. The molecule has 3 heterocycles. The third kappa shape index (κ3) is 3.44. The van der Waals surface area contributed by atoms with Gasteiger partial charge in [0.15, 0.2) is 0 Å². The number of hydrogen-bond acceptors (Lipinski definition) is 4. The minimum Gasteiger partial charge on any atom is -0.374 e. The Kier molecular flexibility index (Phi) is 4.41. The van der Waals surface area contributed by atoms with Gasteiger partial charge in [0.05, 0.1) is 24.8 Å². The van der Waals surface area contributed by atoms with E-state index in [4.69, 9.17) is 11.3 Å². The van der Waals surface area contributed by atoms with E-state index < -0.39 is 17.6 Å². The summed E-state index contributed by atoms with van der Waals surface area (Å²) in [6.45, 7) is 16.2. The van der Waals surface area contributed by atoms with Crippen LogP contribution in [-0.4, -0.2) is 47.7 Å². The minimum atomic E-state index is -4.60.